The summed E-state index contributed by atoms with van der Waals surface area (Å²) in [6.45, 7) is 0. The molecule has 5 heterocycles. The van der Waals surface area contributed by atoms with Crippen LogP contribution in [0.1, 0.15) is 11.1 Å². The zero-order chi connectivity index (χ0) is 61.0. The van der Waals surface area contributed by atoms with Crippen LogP contribution in [0.25, 0.3) is 166 Å². The molecule has 0 bridgehead atoms. The normalized spacial score (nSPS) is 11.7. The van der Waals surface area contributed by atoms with Crippen LogP contribution < -0.4 is 0 Å². The summed E-state index contributed by atoms with van der Waals surface area (Å²) in [5.41, 5.74) is 24.3. The predicted octanol–water partition coefficient (Wildman–Crippen LogP) is 21.5. The fraction of sp³-hybridized carbons (Fsp3) is 0. The van der Waals surface area contributed by atoms with Crippen molar-refractivity contribution in [2.45, 2.75) is 0 Å². The molecule has 7 nitrogen and oxygen atoms in total. The lowest BCUT2D eigenvalue weighted by atomic mass is 9.88. The van der Waals surface area contributed by atoms with Crippen molar-refractivity contribution < 1.29 is 0 Å². The minimum absolute atomic E-state index is 0.321. The molecule has 7 heteroatoms. The molecular weight excluding hydrogens is 1120 g/mol. The molecule has 0 aliphatic carbocycles. The number of aromatic nitrogens is 5. The zero-order valence-corrected chi connectivity index (χ0v) is 49.6. The van der Waals surface area contributed by atoms with Gasteiger partial charge in [0.05, 0.1) is 55.3 Å². The molecule has 0 aliphatic rings. The molecule has 0 radical (unpaired) electrons. The number of hydrogen-bond acceptors (Lipinski definition) is 3. The lowest BCUT2D eigenvalue weighted by Crippen LogP contribution is -1.97. The fourth-order valence-electron chi connectivity index (χ4n) is 14.5. The molecule has 18 rings (SSSR count). The van der Waals surface area contributed by atoms with Crippen LogP contribution in [-0.2, 0) is 0 Å². The summed E-state index contributed by atoms with van der Waals surface area (Å²) in [6.07, 6.45) is 3.83. The number of para-hydroxylation sites is 6. The van der Waals surface area contributed by atoms with Gasteiger partial charge in [0.15, 0.2) is 0 Å². The van der Waals surface area contributed by atoms with Gasteiger partial charge in [-0.1, -0.05) is 176 Å². The van der Waals surface area contributed by atoms with Gasteiger partial charge in [-0.2, -0.15) is 10.5 Å². The van der Waals surface area contributed by atoms with E-state index < -0.39 is 0 Å². The van der Waals surface area contributed by atoms with E-state index in [9.17, 15) is 10.5 Å². The molecule has 0 saturated carbocycles. The van der Waals surface area contributed by atoms with Crippen LogP contribution in [0.4, 0.5) is 0 Å². The van der Waals surface area contributed by atoms with Gasteiger partial charge in [0.1, 0.15) is 12.1 Å². The maximum absolute atomic E-state index is 10.4. The quantitative estimate of drug-likeness (QED) is 0.144. The Kier molecular flexibility index (Phi) is 11.9. The third-order valence-corrected chi connectivity index (χ3v) is 18.8. The van der Waals surface area contributed by atoms with Crippen LogP contribution in [0.15, 0.2) is 310 Å². The van der Waals surface area contributed by atoms with Crippen molar-refractivity contribution in [1.82, 2.24) is 23.3 Å². The molecule has 0 spiro atoms. The Bertz CT molecular complexity index is 5680. The van der Waals surface area contributed by atoms with E-state index in [0.717, 1.165) is 100 Å². The van der Waals surface area contributed by atoms with E-state index in [1.807, 2.05) is 24.5 Å². The number of nitriles is 2. The molecule has 13 aromatic carbocycles. The SMILES string of the molecule is N#Cc1ccc(-c2c(-c3ccc(-n4c5ccccc5c5cc(-c6ccc(-n7c8ccccc8c8ccccc87)cc6)ccc54)cc3)cncc2-c2ccc(-n3c4ccccc4c4cc(-c5ccc(-n6c7ccccc7c7ccccc76)cc5)ccc43)cc2)cc1C#N. The summed E-state index contributed by atoms with van der Waals surface area (Å²) in [4.78, 5) is 4.93. The second-order valence-corrected chi connectivity index (χ2v) is 23.7. The van der Waals surface area contributed by atoms with Crippen molar-refractivity contribution >= 4 is 87.2 Å². The van der Waals surface area contributed by atoms with Crippen molar-refractivity contribution in [3.05, 3.63) is 321 Å². The highest BCUT2D eigenvalue weighted by Gasteiger charge is 2.21. The molecule has 0 unspecified atom stereocenters. The molecule has 5 aromatic heterocycles. The van der Waals surface area contributed by atoms with Gasteiger partial charge in [0, 0.05) is 94.9 Å². The number of rotatable bonds is 9. The Labute approximate surface area is 529 Å². The number of benzene rings is 13. The van der Waals surface area contributed by atoms with Crippen molar-refractivity contribution in [3.8, 4) is 90.5 Å². The first-order chi connectivity index (χ1) is 45.5. The Balaban J connectivity index is 0.686. The second kappa shape index (κ2) is 20.9. The third-order valence-electron chi connectivity index (χ3n) is 18.8. The largest absolute Gasteiger partial charge is 0.309 e. The molecule has 18 aromatic rings. The van der Waals surface area contributed by atoms with Crippen molar-refractivity contribution in [2.75, 3.05) is 0 Å². The summed E-state index contributed by atoms with van der Waals surface area (Å²) in [6, 6.07) is 111. The summed E-state index contributed by atoms with van der Waals surface area (Å²) in [5.74, 6) is 0. The molecule has 0 fully saturated rings. The van der Waals surface area contributed by atoms with Gasteiger partial charge in [-0.25, -0.2) is 0 Å². The van der Waals surface area contributed by atoms with Gasteiger partial charge >= 0.3 is 0 Å². The van der Waals surface area contributed by atoms with Crippen LogP contribution in [0, 0.1) is 22.7 Å². The van der Waals surface area contributed by atoms with E-state index in [2.05, 4.69) is 309 Å². The van der Waals surface area contributed by atoms with Crippen LogP contribution in [0.5, 0.6) is 0 Å². The number of fused-ring (bicyclic) bond motifs is 12. The summed E-state index contributed by atoms with van der Waals surface area (Å²) < 4.78 is 9.42. The molecule has 426 valence electrons. The number of pyridine rings is 1. The average Bonchev–Trinajstić information content (AvgIpc) is 1.56. The van der Waals surface area contributed by atoms with Crippen molar-refractivity contribution in [3.63, 3.8) is 0 Å². The van der Waals surface area contributed by atoms with E-state index in [1.165, 1.54) is 65.2 Å². The first-order valence-electron chi connectivity index (χ1n) is 30.9. The summed E-state index contributed by atoms with van der Waals surface area (Å²) >= 11 is 0. The van der Waals surface area contributed by atoms with Crippen molar-refractivity contribution in [2.24, 2.45) is 0 Å². The number of hydrogen-bond donors (Lipinski definition) is 0. The fourth-order valence-corrected chi connectivity index (χ4v) is 14.5. The third kappa shape index (κ3) is 8.17. The van der Waals surface area contributed by atoms with E-state index >= 15 is 0 Å². The Hall–Kier alpha value is -12.8. The van der Waals surface area contributed by atoms with Gasteiger partial charge in [-0.15, -0.1) is 0 Å². The van der Waals surface area contributed by atoms with Gasteiger partial charge in [-0.3, -0.25) is 4.98 Å². The van der Waals surface area contributed by atoms with Gasteiger partial charge in [-0.05, 0) is 160 Å². The monoisotopic (exact) mass is 1170 g/mol. The minimum atomic E-state index is 0.321. The topological polar surface area (TPSA) is 80.2 Å². The highest BCUT2D eigenvalue weighted by Crippen LogP contribution is 2.44. The second-order valence-electron chi connectivity index (χ2n) is 23.7. The maximum Gasteiger partial charge on any atom is 0.101 e. The van der Waals surface area contributed by atoms with Crippen molar-refractivity contribution in [1.29, 1.82) is 10.5 Å². The smallest absolute Gasteiger partial charge is 0.101 e. The number of nitrogens with zero attached hydrogens (tertiary/aromatic N) is 7. The summed E-state index contributed by atoms with van der Waals surface area (Å²) in [5, 5.41) is 30.1. The van der Waals surface area contributed by atoms with Crippen LogP contribution in [0.3, 0.4) is 0 Å². The van der Waals surface area contributed by atoms with E-state index in [0.29, 0.717) is 11.1 Å². The van der Waals surface area contributed by atoms with E-state index in [4.69, 9.17) is 4.98 Å². The van der Waals surface area contributed by atoms with Crippen LogP contribution >= 0.6 is 0 Å². The van der Waals surface area contributed by atoms with E-state index in [-0.39, 0.29) is 0 Å². The molecule has 0 amide bonds. The molecule has 0 atom stereocenters. The van der Waals surface area contributed by atoms with Gasteiger partial charge in [0.25, 0.3) is 0 Å². The lowest BCUT2D eigenvalue weighted by Gasteiger charge is -2.17. The van der Waals surface area contributed by atoms with Crippen LogP contribution in [0.2, 0.25) is 0 Å². The standard InChI is InChI=1S/C85H51N7/c86-50-61-26-25-60(47-62(61)51-87)85-75(56-31-41-65(42-32-56)91-81-23-11-5-17-71(81)73-48-58(35-45-83(73)91)54-27-37-63(38-28-54)89-77-19-7-1-13-67(77)68-14-2-8-20-78(68)89)52-88-53-76(85)57-33-43-66(44-34-57)92-82-24-12-6-18-72(82)74-49-59(36-46-84(74)92)55-29-39-64(40-30-55)90-79-21-9-3-15-69(79)70-16-4-10-22-80(70)90/h1-49,52-53H. The molecule has 0 aliphatic heterocycles. The Morgan fingerprint density at radius 2 is 0.500 bits per heavy atom. The lowest BCUT2D eigenvalue weighted by molar-refractivity contribution is 1.18. The molecule has 0 saturated heterocycles. The highest BCUT2D eigenvalue weighted by atomic mass is 15.0. The predicted molar refractivity (Wildman–Crippen MR) is 378 cm³/mol. The zero-order valence-electron chi connectivity index (χ0n) is 49.6. The van der Waals surface area contributed by atoms with E-state index in [1.54, 1.807) is 6.07 Å². The van der Waals surface area contributed by atoms with Crippen LogP contribution in [-0.4, -0.2) is 23.3 Å². The van der Waals surface area contributed by atoms with Gasteiger partial charge < -0.3 is 18.3 Å². The average molecular weight is 1170 g/mol. The Morgan fingerprint density at radius 3 is 0.826 bits per heavy atom. The van der Waals surface area contributed by atoms with Gasteiger partial charge in [0.2, 0.25) is 0 Å². The minimum Gasteiger partial charge on any atom is -0.309 e. The summed E-state index contributed by atoms with van der Waals surface area (Å²) in [7, 11) is 0. The first kappa shape index (κ1) is 52.3. The highest BCUT2D eigenvalue weighted by molar-refractivity contribution is 6.13. The Morgan fingerprint density at radius 1 is 0.228 bits per heavy atom. The first-order valence-corrected chi connectivity index (χ1v) is 30.9. The molecule has 0 N–H and O–H groups in total. The molecule has 92 heavy (non-hydrogen) atoms. The maximum atomic E-state index is 10.4. The molecular formula is C85H51N7.